The molecule has 3 rings (SSSR count). The van der Waals surface area contributed by atoms with E-state index < -0.39 is 5.66 Å². The van der Waals surface area contributed by atoms with Crippen LogP contribution in [0.15, 0.2) is 34.5 Å². The van der Waals surface area contributed by atoms with Crippen molar-refractivity contribution in [3.8, 4) is 12.3 Å². The molecule has 0 saturated carbocycles. The second-order valence-electron chi connectivity index (χ2n) is 6.45. The summed E-state index contributed by atoms with van der Waals surface area (Å²) < 4.78 is 0. The van der Waals surface area contributed by atoms with Crippen molar-refractivity contribution in [2.45, 2.75) is 50.6 Å². The lowest BCUT2D eigenvalue weighted by Crippen LogP contribution is -2.35. The van der Waals surface area contributed by atoms with E-state index in [0.29, 0.717) is 44.3 Å². The first-order valence-electron chi connectivity index (χ1n) is 8.70. The summed E-state index contributed by atoms with van der Waals surface area (Å²) in [6, 6.07) is 7.44. The smallest absolute Gasteiger partial charge is 0.227 e. The van der Waals surface area contributed by atoms with Crippen molar-refractivity contribution in [3.05, 3.63) is 24.3 Å². The highest BCUT2D eigenvalue weighted by Crippen LogP contribution is 2.38. The Hall–Kier alpha value is -2.68. The molecule has 130 valence electrons. The number of hydrogen-bond acceptors (Lipinski definition) is 4. The van der Waals surface area contributed by atoms with E-state index in [9.17, 15) is 9.59 Å². The second-order valence-corrected chi connectivity index (χ2v) is 6.45. The molecule has 6 nitrogen and oxygen atoms in total. The molecule has 2 aliphatic rings. The summed E-state index contributed by atoms with van der Waals surface area (Å²) in [5, 5.41) is 11.0. The summed E-state index contributed by atoms with van der Waals surface area (Å²) >= 11 is 0. The molecule has 0 radical (unpaired) electrons. The Morgan fingerprint density at radius 1 is 1.28 bits per heavy atom. The molecule has 6 heteroatoms. The fourth-order valence-electron chi connectivity index (χ4n) is 3.07. The van der Waals surface area contributed by atoms with Gasteiger partial charge in [-0.1, -0.05) is 12.1 Å². The van der Waals surface area contributed by atoms with Gasteiger partial charge in [-0.15, -0.1) is 12.3 Å². The maximum absolute atomic E-state index is 12.3. The summed E-state index contributed by atoms with van der Waals surface area (Å²) in [5.74, 6) is 2.59. The Balaban J connectivity index is 1.60. The van der Waals surface area contributed by atoms with E-state index in [1.54, 1.807) is 4.90 Å². The molecule has 0 atom stereocenters. The third-order valence-corrected chi connectivity index (χ3v) is 4.60. The van der Waals surface area contributed by atoms with E-state index in [1.165, 1.54) is 0 Å². The normalized spacial score (nSPS) is 17.9. The van der Waals surface area contributed by atoms with Crippen molar-refractivity contribution in [2.75, 3.05) is 16.8 Å². The van der Waals surface area contributed by atoms with Crippen LogP contribution in [0.3, 0.4) is 0 Å². The van der Waals surface area contributed by atoms with E-state index in [-0.39, 0.29) is 11.8 Å². The summed E-state index contributed by atoms with van der Waals surface area (Å²) in [5.41, 5.74) is 0.986. The van der Waals surface area contributed by atoms with Gasteiger partial charge in [0.2, 0.25) is 11.8 Å². The molecule has 2 aliphatic heterocycles. The van der Waals surface area contributed by atoms with Gasteiger partial charge in [0.15, 0.2) is 5.66 Å². The molecule has 0 aromatic heterocycles. The monoisotopic (exact) mass is 338 g/mol. The van der Waals surface area contributed by atoms with Crippen LogP contribution in [0, 0.1) is 12.3 Å². The largest absolute Gasteiger partial charge is 0.324 e. The average Bonchev–Trinajstić information content (AvgIpc) is 3.40. The Morgan fingerprint density at radius 2 is 2.08 bits per heavy atom. The SMILES string of the molecule is C#CCCC1(CCC(=O)Nc2ccccc2N2CCCCC2=O)N=N1. The minimum Gasteiger partial charge on any atom is -0.324 e. The third-order valence-electron chi connectivity index (χ3n) is 4.60. The fraction of sp³-hybridized carbons (Fsp3) is 0.474. The van der Waals surface area contributed by atoms with Crippen LogP contribution in [0.1, 0.15) is 44.9 Å². The van der Waals surface area contributed by atoms with Crippen LogP contribution in [-0.2, 0) is 9.59 Å². The van der Waals surface area contributed by atoms with Crippen molar-refractivity contribution in [2.24, 2.45) is 10.2 Å². The number of anilines is 2. The van der Waals surface area contributed by atoms with E-state index >= 15 is 0 Å². The van der Waals surface area contributed by atoms with E-state index in [1.807, 2.05) is 24.3 Å². The lowest BCUT2D eigenvalue weighted by atomic mass is 10.0. The van der Waals surface area contributed by atoms with Gasteiger partial charge < -0.3 is 10.2 Å². The number of nitrogens with zero attached hydrogens (tertiary/aromatic N) is 3. The second kappa shape index (κ2) is 7.47. The van der Waals surface area contributed by atoms with Crippen molar-refractivity contribution in [1.82, 2.24) is 0 Å². The highest BCUT2D eigenvalue weighted by atomic mass is 16.2. The summed E-state index contributed by atoms with van der Waals surface area (Å²) in [6.45, 7) is 0.693. The first-order valence-corrected chi connectivity index (χ1v) is 8.70. The first kappa shape index (κ1) is 17.2. The highest BCUT2D eigenvalue weighted by molar-refractivity contribution is 6.01. The van der Waals surface area contributed by atoms with Gasteiger partial charge in [-0.2, -0.15) is 10.2 Å². The predicted octanol–water partition coefficient (Wildman–Crippen LogP) is 3.50. The van der Waals surface area contributed by atoms with Crippen LogP contribution in [0.5, 0.6) is 0 Å². The molecule has 0 bridgehead atoms. The number of carbonyl (C=O) groups excluding carboxylic acids is 2. The van der Waals surface area contributed by atoms with Crippen molar-refractivity contribution < 1.29 is 9.59 Å². The number of benzene rings is 1. The van der Waals surface area contributed by atoms with Crippen molar-refractivity contribution in [1.29, 1.82) is 0 Å². The number of hydrogen-bond donors (Lipinski definition) is 1. The number of nitrogens with one attached hydrogen (secondary N) is 1. The van der Waals surface area contributed by atoms with Crippen molar-refractivity contribution >= 4 is 23.2 Å². The minimum absolute atomic E-state index is 0.103. The number of carbonyl (C=O) groups is 2. The summed E-state index contributed by atoms with van der Waals surface area (Å²) in [4.78, 5) is 26.3. The first-order chi connectivity index (χ1) is 12.1. The van der Waals surface area contributed by atoms with E-state index in [2.05, 4.69) is 21.5 Å². The van der Waals surface area contributed by atoms with E-state index in [4.69, 9.17) is 6.42 Å². The van der Waals surface area contributed by atoms with Crippen LogP contribution in [0.25, 0.3) is 0 Å². The lowest BCUT2D eigenvalue weighted by Gasteiger charge is -2.28. The van der Waals surface area contributed by atoms with Crippen LogP contribution in [0.4, 0.5) is 11.4 Å². The molecule has 1 N–H and O–H groups in total. The van der Waals surface area contributed by atoms with E-state index in [0.717, 1.165) is 18.5 Å². The number of rotatable bonds is 7. The molecule has 25 heavy (non-hydrogen) atoms. The van der Waals surface area contributed by atoms with Gasteiger partial charge in [-0.05, 0) is 25.0 Å². The number of piperidine rings is 1. The van der Waals surface area contributed by atoms with Gasteiger partial charge in [0.25, 0.3) is 0 Å². The molecule has 1 aromatic rings. The van der Waals surface area contributed by atoms with Gasteiger partial charge in [-0.25, -0.2) is 0 Å². The molecule has 1 aromatic carbocycles. The lowest BCUT2D eigenvalue weighted by molar-refractivity contribution is -0.119. The highest BCUT2D eigenvalue weighted by Gasteiger charge is 2.39. The maximum atomic E-state index is 12.3. The van der Waals surface area contributed by atoms with Gasteiger partial charge in [0, 0.05) is 38.6 Å². The average molecular weight is 338 g/mol. The molecular weight excluding hydrogens is 316 g/mol. The molecule has 2 amide bonds. The zero-order chi connectivity index (χ0) is 17.7. The van der Waals surface area contributed by atoms with Crippen LogP contribution < -0.4 is 10.2 Å². The standard InChI is InChI=1S/C19H22N4O2/c1-2-3-12-19(21-22-19)13-11-17(24)20-15-8-4-5-9-16(15)23-14-7-6-10-18(23)25/h1,4-5,8-9H,3,6-7,10-14H2,(H,20,24). The van der Waals surface area contributed by atoms with Gasteiger partial charge in [-0.3, -0.25) is 9.59 Å². The topological polar surface area (TPSA) is 74.1 Å². The quantitative estimate of drug-likeness (QED) is 0.773. The molecule has 1 fully saturated rings. The molecule has 2 heterocycles. The Kier molecular flexibility index (Phi) is 5.13. The van der Waals surface area contributed by atoms with Gasteiger partial charge in [0.05, 0.1) is 11.4 Å². The Labute approximate surface area is 147 Å². The number of terminal acetylenes is 1. The van der Waals surface area contributed by atoms with Gasteiger partial charge >= 0.3 is 0 Å². The third kappa shape index (κ3) is 4.24. The Morgan fingerprint density at radius 3 is 2.80 bits per heavy atom. The molecule has 0 unspecified atom stereocenters. The van der Waals surface area contributed by atoms with Crippen LogP contribution in [-0.4, -0.2) is 24.0 Å². The summed E-state index contributed by atoms with van der Waals surface area (Å²) in [6.07, 6.45) is 9.92. The van der Waals surface area contributed by atoms with Crippen LogP contribution in [0.2, 0.25) is 0 Å². The van der Waals surface area contributed by atoms with Crippen LogP contribution >= 0.6 is 0 Å². The van der Waals surface area contributed by atoms with Crippen molar-refractivity contribution in [3.63, 3.8) is 0 Å². The zero-order valence-corrected chi connectivity index (χ0v) is 14.2. The molecular formula is C19H22N4O2. The Bertz CT molecular complexity index is 729. The maximum Gasteiger partial charge on any atom is 0.227 e. The minimum atomic E-state index is -0.452. The summed E-state index contributed by atoms with van der Waals surface area (Å²) in [7, 11) is 0. The zero-order valence-electron chi connectivity index (χ0n) is 14.2. The molecule has 1 saturated heterocycles. The fourth-order valence-corrected chi connectivity index (χ4v) is 3.07. The molecule has 0 aliphatic carbocycles. The van der Waals surface area contributed by atoms with Gasteiger partial charge in [0.1, 0.15) is 0 Å². The predicted molar refractivity (Wildman–Crippen MR) is 96.2 cm³/mol. The molecule has 0 spiro atoms. The number of para-hydroxylation sites is 2. The number of amides is 2.